The lowest BCUT2D eigenvalue weighted by Crippen LogP contribution is -2.44. The predicted molar refractivity (Wildman–Crippen MR) is 108 cm³/mol. The highest BCUT2D eigenvalue weighted by Gasteiger charge is 2.30. The van der Waals surface area contributed by atoms with Gasteiger partial charge in [-0.3, -0.25) is 9.69 Å². The molecule has 0 aliphatic carbocycles. The van der Waals surface area contributed by atoms with Crippen LogP contribution < -0.4 is 5.32 Å². The van der Waals surface area contributed by atoms with Gasteiger partial charge in [-0.15, -0.1) is 0 Å². The Balaban J connectivity index is 1.54. The van der Waals surface area contributed by atoms with Gasteiger partial charge < -0.3 is 9.73 Å². The van der Waals surface area contributed by atoms with Crippen LogP contribution in [0.15, 0.2) is 33.3 Å². The Bertz CT molecular complexity index is 797. The summed E-state index contributed by atoms with van der Waals surface area (Å²) in [5, 5.41) is 2.84. The van der Waals surface area contributed by atoms with Crippen molar-refractivity contribution in [2.24, 2.45) is 0 Å². The lowest BCUT2D eigenvalue weighted by atomic mass is 10.0. The van der Waals surface area contributed by atoms with Gasteiger partial charge in [0.25, 0.3) is 15.9 Å². The molecule has 0 aromatic carbocycles. The monoisotopic (exact) mass is 409 g/mol. The largest absolute Gasteiger partial charge is 0.438 e. The van der Waals surface area contributed by atoms with Crippen LogP contribution in [0.3, 0.4) is 0 Å². The van der Waals surface area contributed by atoms with E-state index in [1.165, 1.54) is 22.0 Å². The van der Waals surface area contributed by atoms with Crippen LogP contribution in [0.2, 0.25) is 0 Å². The minimum atomic E-state index is -3.65. The molecule has 2 fully saturated rings. The Morgan fingerprint density at radius 1 is 1.14 bits per heavy atom. The van der Waals surface area contributed by atoms with Gasteiger partial charge in [0.2, 0.25) is 5.09 Å². The van der Waals surface area contributed by atoms with Gasteiger partial charge in [0.1, 0.15) is 0 Å². The number of nitrogens with zero attached hydrogens (tertiary/aromatic N) is 2. The molecule has 0 radical (unpaired) electrons. The summed E-state index contributed by atoms with van der Waals surface area (Å²) >= 11 is 0. The molecule has 2 aliphatic heterocycles. The number of likely N-dealkylation sites (tertiary alicyclic amines) is 1. The van der Waals surface area contributed by atoms with Crippen molar-refractivity contribution >= 4 is 15.9 Å². The second kappa shape index (κ2) is 9.24. The normalized spacial score (nSPS) is 20.1. The molecule has 0 spiro atoms. The van der Waals surface area contributed by atoms with Crippen molar-refractivity contribution in [2.75, 3.05) is 32.7 Å². The summed E-state index contributed by atoms with van der Waals surface area (Å²) in [6, 6.07) is 2.93. The molecule has 7 nitrogen and oxygen atoms in total. The molecule has 0 atom stereocenters. The molecule has 8 heteroatoms. The van der Waals surface area contributed by atoms with Gasteiger partial charge >= 0.3 is 0 Å². The standard InChI is InChI=1S/C20H31N3O4S/c1-16(2)8-13-22-14-9-17(10-15-22)21-20(24)18-6-7-19(27-18)28(25,26)23-11-4-3-5-12-23/h6-8,17H,3-5,9-15H2,1-2H3,(H,21,24). The Morgan fingerprint density at radius 2 is 1.82 bits per heavy atom. The summed E-state index contributed by atoms with van der Waals surface area (Å²) in [4.78, 5) is 14.9. The van der Waals surface area contributed by atoms with Crippen molar-refractivity contribution in [3.05, 3.63) is 29.5 Å². The average molecular weight is 410 g/mol. The number of hydrogen-bond acceptors (Lipinski definition) is 5. The zero-order valence-electron chi connectivity index (χ0n) is 16.8. The predicted octanol–water partition coefficient (Wildman–Crippen LogP) is 2.61. The van der Waals surface area contributed by atoms with Crippen LogP contribution in [0.25, 0.3) is 0 Å². The van der Waals surface area contributed by atoms with E-state index in [1.807, 2.05) is 0 Å². The van der Waals surface area contributed by atoms with Crippen molar-refractivity contribution in [3.8, 4) is 0 Å². The van der Waals surface area contributed by atoms with Crippen molar-refractivity contribution in [3.63, 3.8) is 0 Å². The number of hydrogen-bond donors (Lipinski definition) is 1. The first-order valence-corrected chi connectivity index (χ1v) is 11.6. The summed E-state index contributed by atoms with van der Waals surface area (Å²) in [6.07, 6.45) is 6.74. The minimum absolute atomic E-state index is 0.0579. The number of piperidine rings is 2. The molecule has 2 saturated heterocycles. The van der Waals surface area contributed by atoms with Crippen LogP contribution in [-0.4, -0.2) is 62.3 Å². The average Bonchev–Trinajstić information content (AvgIpc) is 3.19. The summed E-state index contributed by atoms with van der Waals surface area (Å²) in [5.41, 5.74) is 1.31. The van der Waals surface area contributed by atoms with E-state index in [1.54, 1.807) is 0 Å². The van der Waals surface area contributed by atoms with Crippen LogP contribution in [0.5, 0.6) is 0 Å². The molecule has 1 amide bonds. The van der Waals surface area contributed by atoms with E-state index < -0.39 is 10.0 Å². The van der Waals surface area contributed by atoms with Gasteiger partial charge in [-0.1, -0.05) is 18.1 Å². The van der Waals surface area contributed by atoms with Crippen LogP contribution in [0.1, 0.15) is 56.5 Å². The first-order chi connectivity index (χ1) is 13.4. The molecule has 0 unspecified atom stereocenters. The van der Waals surface area contributed by atoms with Crippen molar-refractivity contribution in [2.45, 2.75) is 57.1 Å². The van der Waals surface area contributed by atoms with E-state index >= 15 is 0 Å². The van der Waals surface area contributed by atoms with Gasteiger partial charge in [-0.25, -0.2) is 8.42 Å². The molecule has 28 heavy (non-hydrogen) atoms. The third-order valence-corrected chi connectivity index (χ3v) is 7.17. The van der Waals surface area contributed by atoms with Gasteiger partial charge in [0, 0.05) is 38.8 Å². The van der Waals surface area contributed by atoms with Gasteiger partial charge in [0.05, 0.1) is 0 Å². The summed E-state index contributed by atoms with van der Waals surface area (Å²) in [7, 11) is -3.65. The topological polar surface area (TPSA) is 82.9 Å². The molecule has 3 rings (SSSR count). The molecular weight excluding hydrogens is 378 g/mol. The fourth-order valence-electron chi connectivity index (χ4n) is 3.64. The fraction of sp³-hybridized carbons (Fsp3) is 0.650. The number of allylic oxidation sites excluding steroid dienone is 1. The van der Waals surface area contributed by atoms with E-state index in [0.29, 0.717) is 13.1 Å². The van der Waals surface area contributed by atoms with Crippen LogP contribution >= 0.6 is 0 Å². The van der Waals surface area contributed by atoms with Crippen molar-refractivity contribution in [1.82, 2.24) is 14.5 Å². The fourth-order valence-corrected chi connectivity index (χ4v) is 5.07. The third-order valence-electron chi connectivity index (χ3n) is 5.39. The maximum atomic E-state index is 12.6. The van der Waals surface area contributed by atoms with E-state index in [4.69, 9.17) is 4.42 Å². The van der Waals surface area contributed by atoms with Gasteiger partial charge in [-0.05, 0) is 51.7 Å². The second-order valence-electron chi connectivity index (χ2n) is 7.91. The Kier molecular flexibility index (Phi) is 6.95. The molecule has 1 aromatic rings. The number of amides is 1. The highest BCUT2D eigenvalue weighted by molar-refractivity contribution is 7.89. The van der Waals surface area contributed by atoms with Crippen molar-refractivity contribution in [1.29, 1.82) is 0 Å². The summed E-state index contributed by atoms with van der Waals surface area (Å²) in [5.74, 6) is -0.287. The summed E-state index contributed by atoms with van der Waals surface area (Å²) in [6.45, 7) is 8.01. The number of sulfonamides is 1. The zero-order valence-corrected chi connectivity index (χ0v) is 17.6. The maximum absolute atomic E-state index is 12.6. The van der Waals surface area contributed by atoms with Gasteiger partial charge in [0.15, 0.2) is 5.76 Å². The molecule has 1 aromatic heterocycles. The van der Waals surface area contributed by atoms with E-state index in [9.17, 15) is 13.2 Å². The maximum Gasteiger partial charge on any atom is 0.287 e. The van der Waals surface area contributed by atoms with Crippen LogP contribution in [-0.2, 0) is 10.0 Å². The van der Waals surface area contributed by atoms with E-state index in [-0.39, 0.29) is 22.8 Å². The number of rotatable bonds is 6. The van der Waals surface area contributed by atoms with Crippen LogP contribution in [0, 0.1) is 0 Å². The van der Waals surface area contributed by atoms with Crippen LogP contribution in [0.4, 0.5) is 0 Å². The molecule has 0 bridgehead atoms. The van der Waals surface area contributed by atoms with Crippen molar-refractivity contribution < 1.29 is 17.6 Å². The number of nitrogens with one attached hydrogen (secondary N) is 1. The molecular formula is C20H31N3O4S. The minimum Gasteiger partial charge on any atom is -0.438 e. The number of carbonyl (C=O) groups excluding carboxylic acids is 1. The first-order valence-electron chi connectivity index (χ1n) is 10.1. The molecule has 2 aliphatic rings. The molecule has 156 valence electrons. The lowest BCUT2D eigenvalue weighted by Gasteiger charge is -2.31. The number of carbonyl (C=O) groups is 1. The first kappa shape index (κ1) is 21.1. The lowest BCUT2D eigenvalue weighted by molar-refractivity contribution is 0.0880. The SMILES string of the molecule is CC(C)=CCN1CCC(NC(=O)c2ccc(S(=O)(=O)N3CCCCC3)o2)CC1. The highest BCUT2D eigenvalue weighted by Crippen LogP contribution is 2.22. The molecule has 1 N–H and O–H groups in total. The smallest absolute Gasteiger partial charge is 0.287 e. The highest BCUT2D eigenvalue weighted by atomic mass is 32.2. The Hall–Kier alpha value is -1.64. The number of furan rings is 1. The Labute approximate surface area is 167 Å². The zero-order chi connectivity index (χ0) is 20.1. The van der Waals surface area contributed by atoms with E-state index in [2.05, 4.69) is 30.1 Å². The second-order valence-corrected chi connectivity index (χ2v) is 9.78. The Morgan fingerprint density at radius 3 is 2.46 bits per heavy atom. The quantitative estimate of drug-likeness (QED) is 0.731. The summed E-state index contributed by atoms with van der Waals surface area (Å²) < 4.78 is 32.2. The van der Waals surface area contributed by atoms with Gasteiger partial charge in [-0.2, -0.15) is 4.31 Å². The molecule has 0 saturated carbocycles. The van der Waals surface area contributed by atoms with E-state index in [0.717, 1.165) is 51.7 Å². The molecule has 3 heterocycles. The third kappa shape index (κ3) is 5.24.